The van der Waals surface area contributed by atoms with Crippen molar-refractivity contribution >= 4 is 32.1 Å². The van der Waals surface area contributed by atoms with Crippen LogP contribution in [0.25, 0.3) is 21.9 Å². The fourth-order valence-electron chi connectivity index (χ4n) is 2.03. The van der Waals surface area contributed by atoms with Gasteiger partial charge < -0.3 is 4.42 Å². The van der Waals surface area contributed by atoms with Crippen LogP contribution in [0.4, 0.5) is 0 Å². The number of fused-ring (bicyclic) bond motifs is 2. The minimum Gasteiger partial charge on any atom is -0.456 e. The van der Waals surface area contributed by atoms with E-state index in [2.05, 4.69) is 0 Å². The summed E-state index contributed by atoms with van der Waals surface area (Å²) in [7, 11) is -4.48. The third-order valence-electron chi connectivity index (χ3n) is 2.84. The minimum absolute atomic E-state index is 0.124. The highest BCUT2D eigenvalue weighted by molar-refractivity contribution is 7.86. The molecule has 3 rings (SSSR count). The molecule has 0 fully saturated rings. The highest BCUT2D eigenvalue weighted by atomic mass is 32.2. The number of rotatable bonds is 1. The van der Waals surface area contributed by atoms with Crippen LogP contribution in [0.2, 0.25) is 0 Å². The summed E-state index contributed by atoms with van der Waals surface area (Å²) in [5.74, 6) is 0. The van der Waals surface area contributed by atoms with E-state index in [0.29, 0.717) is 5.58 Å². The standard InChI is InChI=1S/C13H8O5S/c14-13-8-4-1-2-5-9(8)18-10-6-3-7-11(12(10)13)19(15,16)17/h1-7H,(H,15,16,17). The highest BCUT2D eigenvalue weighted by Crippen LogP contribution is 2.23. The van der Waals surface area contributed by atoms with E-state index in [0.717, 1.165) is 0 Å². The summed E-state index contributed by atoms with van der Waals surface area (Å²) >= 11 is 0. The first kappa shape index (κ1) is 11.9. The molecule has 0 spiro atoms. The molecule has 0 saturated carbocycles. The van der Waals surface area contributed by atoms with Crippen LogP contribution in [0.3, 0.4) is 0 Å². The first-order chi connectivity index (χ1) is 8.98. The molecule has 0 amide bonds. The maximum absolute atomic E-state index is 12.3. The number of benzene rings is 2. The van der Waals surface area contributed by atoms with Crippen LogP contribution < -0.4 is 5.43 Å². The first-order valence-corrected chi connectivity index (χ1v) is 6.84. The molecule has 2 aromatic carbocycles. The van der Waals surface area contributed by atoms with E-state index >= 15 is 0 Å². The Bertz CT molecular complexity index is 954. The number of para-hydroxylation sites is 1. The third kappa shape index (κ3) is 1.81. The van der Waals surface area contributed by atoms with E-state index in [1.165, 1.54) is 18.2 Å². The van der Waals surface area contributed by atoms with Gasteiger partial charge in [-0.05, 0) is 24.3 Å². The molecular weight excluding hydrogens is 268 g/mol. The van der Waals surface area contributed by atoms with Crippen molar-refractivity contribution in [3.8, 4) is 0 Å². The topological polar surface area (TPSA) is 84.6 Å². The van der Waals surface area contributed by atoms with E-state index in [9.17, 15) is 17.8 Å². The van der Waals surface area contributed by atoms with E-state index in [1.807, 2.05) is 0 Å². The summed E-state index contributed by atoms with van der Waals surface area (Å²) in [6, 6.07) is 10.6. The summed E-state index contributed by atoms with van der Waals surface area (Å²) in [5, 5.41) is 0.134. The quantitative estimate of drug-likeness (QED) is 0.544. The zero-order valence-corrected chi connectivity index (χ0v) is 10.3. The van der Waals surface area contributed by atoms with Crippen molar-refractivity contribution in [1.82, 2.24) is 0 Å². The minimum atomic E-state index is -4.48. The van der Waals surface area contributed by atoms with Crippen molar-refractivity contribution in [2.24, 2.45) is 0 Å². The van der Waals surface area contributed by atoms with Gasteiger partial charge in [0.15, 0.2) is 0 Å². The Kier molecular flexibility index (Phi) is 2.44. The lowest BCUT2D eigenvalue weighted by molar-refractivity contribution is 0.484. The average Bonchev–Trinajstić information content (AvgIpc) is 2.37. The van der Waals surface area contributed by atoms with Gasteiger partial charge >= 0.3 is 0 Å². The molecule has 0 radical (unpaired) electrons. The fraction of sp³-hybridized carbons (Fsp3) is 0. The lowest BCUT2D eigenvalue weighted by Crippen LogP contribution is -2.08. The monoisotopic (exact) mass is 276 g/mol. The van der Waals surface area contributed by atoms with E-state index in [1.54, 1.807) is 24.3 Å². The van der Waals surface area contributed by atoms with Crippen LogP contribution in [0.1, 0.15) is 0 Å². The van der Waals surface area contributed by atoms with E-state index < -0.39 is 20.4 Å². The molecule has 96 valence electrons. The summed E-state index contributed by atoms with van der Waals surface area (Å²) in [4.78, 5) is 11.9. The Hall–Kier alpha value is -2.18. The van der Waals surface area contributed by atoms with Gasteiger partial charge in [0.1, 0.15) is 16.1 Å². The van der Waals surface area contributed by atoms with Gasteiger partial charge in [0, 0.05) is 0 Å². The Morgan fingerprint density at radius 1 is 0.947 bits per heavy atom. The van der Waals surface area contributed by atoms with Crippen molar-refractivity contribution in [2.45, 2.75) is 4.90 Å². The smallest absolute Gasteiger partial charge is 0.295 e. The predicted octanol–water partition coefficient (Wildman–Crippen LogP) is 2.19. The number of hydrogen-bond donors (Lipinski definition) is 1. The maximum Gasteiger partial charge on any atom is 0.295 e. The fourth-order valence-corrected chi connectivity index (χ4v) is 2.73. The van der Waals surface area contributed by atoms with Crippen LogP contribution >= 0.6 is 0 Å². The second-order valence-corrected chi connectivity index (χ2v) is 5.42. The van der Waals surface area contributed by atoms with E-state index in [-0.39, 0.29) is 16.4 Å². The molecule has 0 aliphatic heterocycles. The molecule has 5 nitrogen and oxygen atoms in total. The molecule has 6 heteroatoms. The second kappa shape index (κ2) is 3.91. The van der Waals surface area contributed by atoms with Crippen LogP contribution in [0, 0.1) is 0 Å². The second-order valence-electron chi connectivity index (χ2n) is 4.03. The van der Waals surface area contributed by atoms with Gasteiger partial charge in [0.05, 0.1) is 10.8 Å². The normalized spacial score (nSPS) is 12.1. The molecule has 1 heterocycles. The van der Waals surface area contributed by atoms with Gasteiger partial charge in [-0.3, -0.25) is 9.35 Å². The van der Waals surface area contributed by atoms with Crippen LogP contribution in [0.5, 0.6) is 0 Å². The SMILES string of the molecule is O=c1c2ccccc2oc2cccc(S(=O)(=O)O)c12. The van der Waals surface area contributed by atoms with Crippen LogP contribution in [0.15, 0.2) is 56.6 Å². The van der Waals surface area contributed by atoms with Gasteiger partial charge in [-0.25, -0.2) is 0 Å². The van der Waals surface area contributed by atoms with Crippen molar-refractivity contribution in [3.63, 3.8) is 0 Å². The van der Waals surface area contributed by atoms with Crippen LogP contribution in [-0.4, -0.2) is 13.0 Å². The zero-order chi connectivity index (χ0) is 13.6. The molecule has 3 aromatic rings. The molecule has 19 heavy (non-hydrogen) atoms. The van der Waals surface area contributed by atoms with Crippen molar-refractivity contribution < 1.29 is 17.4 Å². The lowest BCUT2D eigenvalue weighted by atomic mass is 10.1. The largest absolute Gasteiger partial charge is 0.456 e. The summed E-state index contributed by atoms with van der Waals surface area (Å²) in [5.41, 5.74) is 0.0105. The summed E-state index contributed by atoms with van der Waals surface area (Å²) in [6.45, 7) is 0. The van der Waals surface area contributed by atoms with Gasteiger partial charge in [-0.1, -0.05) is 18.2 Å². The Labute approximate surface area is 107 Å². The van der Waals surface area contributed by atoms with Gasteiger partial charge in [-0.2, -0.15) is 8.42 Å². The molecule has 0 aliphatic rings. The Balaban J connectivity index is 2.65. The molecule has 1 N–H and O–H groups in total. The molecule has 0 unspecified atom stereocenters. The Morgan fingerprint density at radius 2 is 1.63 bits per heavy atom. The third-order valence-corrected chi connectivity index (χ3v) is 3.74. The molecule has 0 bridgehead atoms. The average molecular weight is 276 g/mol. The van der Waals surface area contributed by atoms with Gasteiger partial charge in [0.2, 0.25) is 5.43 Å². The van der Waals surface area contributed by atoms with E-state index in [4.69, 9.17) is 4.42 Å². The molecule has 1 aromatic heterocycles. The van der Waals surface area contributed by atoms with Crippen LogP contribution in [-0.2, 0) is 10.1 Å². The maximum atomic E-state index is 12.3. The van der Waals surface area contributed by atoms with Crippen molar-refractivity contribution in [2.75, 3.05) is 0 Å². The van der Waals surface area contributed by atoms with Crippen molar-refractivity contribution in [1.29, 1.82) is 0 Å². The van der Waals surface area contributed by atoms with Gasteiger partial charge in [-0.15, -0.1) is 0 Å². The molecule has 0 saturated heterocycles. The zero-order valence-electron chi connectivity index (χ0n) is 9.53. The lowest BCUT2D eigenvalue weighted by Gasteiger charge is -2.04. The molecule has 0 atom stereocenters. The van der Waals surface area contributed by atoms with Crippen molar-refractivity contribution in [3.05, 3.63) is 52.7 Å². The first-order valence-electron chi connectivity index (χ1n) is 5.40. The molecule has 0 aliphatic carbocycles. The molecular formula is C13H8O5S. The van der Waals surface area contributed by atoms with Gasteiger partial charge in [0.25, 0.3) is 10.1 Å². The summed E-state index contributed by atoms with van der Waals surface area (Å²) < 4.78 is 37.3. The summed E-state index contributed by atoms with van der Waals surface area (Å²) in [6.07, 6.45) is 0. The Morgan fingerprint density at radius 3 is 2.37 bits per heavy atom. The predicted molar refractivity (Wildman–Crippen MR) is 69.8 cm³/mol. The highest BCUT2D eigenvalue weighted by Gasteiger charge is 2.18. The number of hydrogen-bond acceptors (Lipinski definition) is 4.